The molecule has 1 amide bonds. The summed E-state index contributed by atoms with van der Waals surface area (Å²) in [6.45, 7) is 1.92. The van der Waals surface area contributed by atoms with Gasteiger partial charge in [-0.05, 0) is 37.3 Å². The van der Waals surface area contributed by atoms with Crippen molar-refractivity contribution in [3.63, 3.8) is 0 Å². The summed E-state index contributed by atoms with van der Waals surface area (Å²) in [7, 11) is 0. The third-order valence-electron chi connectivity index (χ3n) is 3.40. The standard InChI is InChI=1S/C15H15ClN2OS/c1-9-3-2-4-11(16)14(9)18-15(19)12-8-17-13(20-12)7-10-5-6-10/h2-4,8,10H,5-7H2,1H3,(H,18,19). The number of benzene rings is 1. The average molecular weight is 307 g/mol. The van der Waals surface area contributed by atoms with Crippen LogP contribution < -0.4 is 5.32 Å². The Morgan fingerprint density at radius 2 is 2.30 bits per heavy atom. The van der Waals surface area contributed by atoms with Crippen LogP contribution in [0.25, 0.3) is 0 Å². The van der Waals surface area contributed by atoms with E-state index in [1.807, 2.05) is 19.1 Å². The van der Waals surface area contributed by atoms with Gasteiger partial charge in [0.05, 0.1) is 21.9 Å². The summed E-state index contributed by atoms with van der Waals surface area (Å²) < 4.78 is 0. The number of thiazole rings is 1. The van der Waals surface area contributed by atoms with Gasteiger partial charge < -0.3 is 5.32 Å². The third-order valence-corrected chi connectivity index (χ3v) is 4.73. The van der Waals surface area contributed by atoms with Crippen molar-refractivity contribution >= 4 is 34.5 Å². The summed E-state index contributed by atoms with van der Waals surface area (Å²) in [6.07, 6.45) is 5.24. The number of halogens is 1. The van der Waals surface area contributed by atoms with Crippen molar-refractivity contribution in [2.75, 3.05) is 5.32 Å². The summed E-state index contributed by atoms with van der Waals surface area (Å²) in [5, 5.41) is 4.48. The molecule has 0 spiro atoms. The molecule has 2 aromatic rings. The number of anilines is 1. The molecule has 0 aliphatic heterocycles. The van der Waals surface area contributed by atoms with Crippen LogP contribution in [0.2, 0.25) is 5.02 Å². The monoisotopic (exact) mass is 306 g/mol. The molecule has 1 aromatic carbocycles. The normalized spacial score (nSPS) is 14.3. The second-order valence-electron chi connectivity index (χ2n) is 5.15. The zero-order valence-corrected chi connectivity index (χ0v) is 12.7. The summed E-state index contributed by atoms with van der Waals surface area (Å²) in [5.41, 5.74) is 1.63. The number of hydrogen-bond donors (Lipinski definition) is 1. The van der Waals surface area contributed by atoms with Gasteiger partial charge in [0.2, 0.25) is 0 Å². The number of para-hydroxylation sites is 1. The van der Waals surface area contributed by atoms with Gasteiger partial charge in [0.15, 0.2) is 0 Å². The molecule has 0 bridgehead atoms. The maximum absolute atomic E-state index is 12.2. The predicted molar refractivity (Wildman–Crippen MR) is 82.7 cm³/mol. The number of nitrogens with zero attached hydrogens (tertiary/aromatic N) is 1. The highest BCUT2D eigenvalue weighted by molar-refractivity contribution is 7.13. The van der Waals surface area contributed by atoms with Gasteiger partial charge in [-0.3, -0.25) is 4.79 Å². The second-order valence-corrected chi connectivity index (χ2v) is 6.67. The highest BCUT2D eigenvalue weighted by atomic mass is 35.5. The molecule has 3 nitrogen and oxygen atoms in total. The quantitative estimate of drug-likeness (QED) is 0.914. The first kappa shape index (κ1) is 13.6. The Morgan fingerprint density at radius 1 is 1.50 bits per heavy atom. The summed E-state index contributed by atoms with van der Waals surface area (Å²) in [6, 6.07) is 5.57. The Balaban J connectivity index is 1.73. The Kier molecular flexibility index (Phi) is 3.76. The van der Waals surface area contributed by atoms with Gasteiger partial charge >= 0.3 is 0 Å². The van der Waals surface area contributed by atoms with E-state index in [1.54, 1.807) is 12.3 Å². The first-order chi connectivity index (χ1) is 9.63. The highest BCUT2D eigenvalue weighted by Crippen LogP contribution is 2.34. The van der Waals surface area contributed by atoms with E-state index in [0.29, 0.717) is 15.6 Å². The lowest BCUT2D eigenvalue weighted by Crippen LogP contribution is -2.11. The molecule has 1 N–H and O–H groups in total. The number of carbonyl (C=O) groups is 1. The van der Waals surface area contributed by atoms with Gasteiger partial charge in [-0.15, -0.1) is 11.3 Å². The van der Waals surface area contributed by atoms with E-state index in [4.69, 9.17) is 11.6 Å². The largest absolute Gasteiger partial charge is 0.320 e. The van der Waals surface area contributed by atoms with Crippen LogP contribution in [0, 0.1) is 12.8 Å². The maximum Gasteiger partial charge on any atom is 0.267 e. The Hall–Kier alpha value is -1.39. The molecular weight excluding hydrogens is 292 g/mol. The minimum Gasteiger partial charge on any atom is -0.320 e. The molecule has 0 atom stereocenters. The fraction of sp³-hybridized carbons (Fsp3) is 0.333. The number of aromatic nitrogens is 1. The van der Waals surface area contributed by atoms with Crippen molar-refractivity contribution in [1.82, 2.24) is 4.98 Å². The SMILES string of the molecule is Cc1cccc(Cl)c1NC(=O)c1cnc(CC2CC2)s1. The fourth-order valence-corrected chi connectivity index (χ4v) is 3.24. The lowest BCUT2D eigenvalue weighted by Gasteiger charge is -2.08. The molecule has 1 heterocycles. The zero-order valence-electron chi connectivity index (χ0n) is 11.1. The Morgan fingerprint density at radius 3 is 3.00 bits per heavy atom. The van der Waals surface area contributed by atoms with Crippen LogP contribution in [0.4, 0.5) is 5.69 Å². The first-order valence-electron chi connectivity index (χ1n) is 6.64. The van der Waals surface area contributed by atoms with Crippen molar-refractivity contribution in [2.45, 2.75) is 26.2 Å². The van der Waals surface area contributed by atoms with Gasteiger partial charge in [0.1, 0.15) is 4.88 Å². The van der Waals surface area contributed by atoms with Gasteiger partial charge in [-0.25, -0.2) is 4.98 Å². The molecule has 1 aliphatic rings. The van der Waals surface area contributed by atoms with E-state index in [2.05, 4.69) is 10.3 Å². The van der Waals surface area contributed by atoms with Crippen molar-refractivity contribution in [2.24, 2.45) is 5.92 Å². The van der Waals surface area contributed by atoms with Crippen molar-refractivity contribution in [3.8, 4) is 0 Å². The molecule has 5 heteroatoms. The number of amides is 1. The second kappa shape index (κ2) is 5.54. The molecular formula is C15H15ClN2OS. The van der Waals surface area contributed by atoms with Crippen molar-refractivity contribution < 1.29 is 4.79 Å². The van der Waals surface area contributed by atoms with Gasteiger partial charge in [0.25, 0.3) is 5.91 Å². The third kappa shape index (κ3) is 3.02. The van der Waals surface area contributed by atoms with Crippen LogP contribution in [0.1, 0.15) is 33.1 Å². The average Bonchev–Trinajstić information content (AvgIpc) is 3.09. The summed E-state index contributed by atoms with van der Waals surface area (Å²) >= 11 is 7.59. The predicted octanol–water partition coefficient (Wildman–Crippen LogP) is 4.31. The molecule has 3 rings (SSSR count). The van der Waals surface area contributed by atoms with Crippen LogP contribution in [0.15, 0.2) is 24.4 Å². The van der Waals surface area contributed by atoms with Crippen LogP contribution in [-0.4, -0.2) is 10.9 Å². The molecule has 0 radical (unpaired) electrons. The lowest BCUT2D eigenvalue weighted by molar-refractivity contribution is 0.103. The number of carbonyl (C=O) groups excluding carboxylic acids is 1. The molecule has 1 aromatic heterocycles. The minimum absolute atomic E-state index is 0.138. The van der Waals surface area contributed by atoms with E-state index in [0.717, 1.165) is 22.9 Å². The molecule has 104 valence electrons. The summed E-state index contributed by atoms with van der Waals surface area (Å²) in [5.74, 6) is 0.642. The first-order valence-corrected chi connectivity index (χ1v) is 7.84. The smallest absolute Gasteiger partial charge is 0.267 e. The maximum atomic E-state index is 12.2. The van der Waals surface area contributed by atoms with Crippen molar-refractivity contribution in [3.05, 3.63) is 44.9 Å². The van der Waals surface area contributed by atoms with E-state index in [-0.39, 0.29) is 5.91 Å². The van der Waals surface area contributed by atoms with Crippen LogP contribution >= 0.6 is 22.9 Å². The van der Waals surface area contributed by atoms with Gasteiger partial charge in [-0.2, -0.15) is 0 Å². The molecule has 1 saturated carbocycles. The highest BCUT2D eigenvalue weighted by Gasteiger charge is 2.23. The molecule has 1 fully saturated rings. The molecule has 0 unspecified atom stereocenters. The van der Waals surface area contributed by atoms with Crippen LogP contribution in [0.3, 0.4) is 0 Å². The van der Waals surface area contributed by atoms with Gasteiger partial charge in [0, 0.05) is 6.42 Å². The molecule has 1 aliphatic carbocycles. The van der Waals surface area contributed by atoms with Crippen LogP contribution in [-0.2, 0) is 6.42 Å². The fourth-order valence-electron chi connectivity index (χ4n) is 2.04. The zero-order chi connectivity index (χ0) is 14.1. The molecule has 20 heavy (non-hydrogen) atoms. The van der Waals surface area contributed by atoms with E-state index in [9.17, 15) is 4.79 Å². The number of nitrogens with one attached hydrogen (secondary N) is 1. The number of rotatable bonds is 4. The minimum atomic E-state index is -0.138. The van der Waals surface area contributed by atoms with Crippen LogP contribution in [0.5, 0.6) is 0 Å². The lowest BCUT2D eigenvalue weighted by atomic mass is 10.2. The Labute approximate surface area is 127 Å². The number of aryl methyl sites for hydroxylation is 1. The Bertz CT molecular complexity index is 629. The topological polar surface area (TPSA) is 42.0 Å². The van der Waals surface area contributed by atoms with Crippen molar-refractivity contribution in [1.29, 1.82) is 0 Å². The summed E-state index contributed by atoms with van der Waals surface area (Å²) in [4.78, 5) is 17.2. The van der Waals surface area contributed by atoms with E-state index < -0.39 is 0 Å². The van der Waals surface area contributed by atoms with E-state index >= 15 is 0 Å². The van der Waals surface area contributed by atoms with Gasteiger partial charge in [-0.1, -0.05) is 23.7 Å². The molecule has 0 saturated heterocycles. The number of hydrogen-bond acceptors (Lipinski definition) is 3. The van der Waals surface area contributed by atoms with E-state index in [1.165, 1.54) is 24.2 Å².